The molecule has 1 aromatic rings. The molecule has 3 heteroatoms. The van der Waals surface area contributed by atoms with Gasteiger partial charge in [-0.1, -0.05) is 22.0 Å². The van der Waals surface area contributed by atoms with Crippen molar-refractivity contribution >= 4 is 22.0 Å². The summed E-state index contributed by atoms with van der Waals surface area (Å²) in [5.41, 5.74) is 1.22. The van der Waals surface area contributed by atoms with Gasteiger partial charge < -0.3 is 0 Å². The molecule has 1 aromatic heterocycles. The van der Waals surface area contributed by atoms with Gasteiger partial charge in [0, 0.05) is 11.0 Å². The highest BCUT2D eigenvalue weighted by Crippen LogP contribution is 2.07. The average Bonchev–Trinajstić information content (AvgIpc) is 2.07. The maximum absolute atomic E-state index is 13.0. The van der Waals surface area contributed by atoms with E-state index in [-0.39, 0.29) is 5.82 Å². The van der Waals surface area contributed by atoms with Crippen molar-refractivity contribution in [3.05, 3.63) is 35.4 Å². The van der Waals surface area contributed by atoms with Gasteiger partial charge in [-0.3, -0.25) is 4.98 Å². The van der Waals surface area contributed by atoms with Crippen molar-refractivity contribution in [1.29, 1.82) is 0 Å². The molecule has 64 valence electrons. The zero-order valence-electron chi connectivity index (χ0n) is 6.72. The first-order valence-corrected chi connectivity index (χ1v) is 4.72. The summed E-state index contributed by atoms with van der Waals surface area (Å²) in [4.78, 5) is 4.03. The summed E-state index contributed by atoms with van der Waals surface area (Å²) in [6.45, 7) is 1.84. The molecule has 0 radical (unpaired) electrons. The number of halogens is 2. The predicted molar refractivity (Wildman–Crippen MR) is 51.8 cm³/mol. The second-order valence-electron chi connectivity index (χ2n) is 2.38. The number of hydrogen-bond donors (Lipinski definition) is 0. The molecule has 0 aliphatic rings. The van der Waals surface area contributed by atoms with Crippen molar-refractivity contribution < 1.29 is 4.39 Å². The molecule has 0 unspecified atom stereocenters. The normalized spacial score (nSPS) is 10.9. The number of aromatic nitrogens is 1. The molecule has 0 fully saturated rings. The largest absolute Gasteiger partial charge is 0.251 e. The van der Waals surface area contributed by atoms with E-state index in [4.69, 9.17) is 0 Å². The van der Waals surface area contributed by atoms with Crippen molar-refractivity contribution in [2.75, 3.05) is 5.33 Å². The zero-order chi connectivity index (χ0) is 8.97. The molecule has 0 atom stereocenters. The van der Waals surface area contributed by atoms with E-state index in [9.17, 15) is 4.39 Å². The Balaban J connectivity index is 2.97. The third-order valence-corrected chi connectivity index (χ3v) is 1.75. The van der Waals surface area contributed by atoms with Gasteiger partial charge in [-0.05, 0) is 25.1 Å². The maximum atomic E-state index is 13.0. The van der Waals surface area contributed by atoms with Crippen LogP contribution in [-0.2, 0) is 0 Å². The van der Waals surface area contributed by atoms with E-state index < -0.39 is 0 Å². The summed E-state index contributed by atoms with van der Waals surface area (Å²) >= 11 is 3.21. The Morgan fingerprint density at radius 3 is 3.00 bits per heavy atom. The first kappa shape index (κ1) is 9.39. The summed E-state index contributed by atoms with van der Waals surface area (Å²) in [7, 11) is 0. The fourth-order valence-corrected chi connectivity index (χ4v) is 1.02. The lowest BCUT2D eigenvalue weighted by Crippen LogP contribution is -1.89. The summed E-state index contributed by atoms with van der Waals surface area (Å²) in [5.74, 6) is -0.280. The van der Waals surface area contributed by atoms with Crippen molar-refractivity contribution in [3.8, 4) is 0 Å². The van der Waals surface area contributed by atoms with Gasteiger partial charge >= 0.3 is 0 Å². The van der Waals surface area contributed by atoms with Crippen LogP contribution >= 0.6 is 15.9 Å². The molecule has 0 aliphatic carbocycles. The average molecular weight is 230 g/mol. The van der Waals surface area contributed by atoms with Crippen LogP contribution in [0.3, 0.4) is 0 Å². The maximum Gasteiger partial charge on any atom is 0.148 e. The van der Waals surface area contributed by atoms with E-state index >= 15 is 0 Å². The molecule has 1 heterocycles. The van der Waals surface area contributed by atoms with E-state index in [1.165, 1.54) is 6.07 Å². The minimum atomic E-state index is -0.280. The van der Waals surface area contributed by atoms with Gasteiger partial charge in [0.1, 0.15) is 5.82 Å². The van der Waals surface area contributed by atoms with Crippen molar-refractivity contribution in [2.45, 2.75) is 6.92 Å². The molecule has 12 heavy (non-hydrogen) atoms. The second-order valence-corrected chi connectivity index (χ2v) is 3.02. The summed E-state index contributed by atoms with van der Waals surface area (Å²) in [5, 5.41) is 0.710. The van der Waals surface area contributed by atoms with E-state index in [0.717, 1.165) is 5.69 Å². The third-order valence-electron chi connectivity index (χ3n) is 1.38. The number of allylic oxidation sites excluding steroid dienone is 1. The predicted octanol–water partition coefficient (Wildman–Crippen LogP) is 2.94. The van der Waals surface area contributed by atoms with Crippen LogP contribution < -0.4 is 0 Å². The number of nitrogens with zero attached hydrogens (tertiary/aromatic N) is 1. The van der Waals surface area contributed by atoms with Crippen LogP contribution in [0.15, 0.2) is 18.2 Å². The topological polar surface area (TPSA) is 12.9 Å². The van der Waals surface area contributed by atoms with E-state index in [2.05, 4.69) is 20.9 Å². The fourth-order valence-electron chi connectivity index (χ4n) is 0.833. The van der Waals surface area contributed by atoms with Crippen LogP contribution in [-0.4, -0.2) is 10.3 Å². The Kier molecular flexibility index (Phi) is 3.41. The van der Waals surface area contributed by atoms with Gasteiger partial charge in [-0.2, -0.15) is 0 Å². The highest BCUT2D eigenvalue weighted by molar-refractivity contribution is 9.09. The molecule has 0 saturated carbocycles. The van der Waals surface area contributed by atoms with E-state index in [0.29, 0.717) is 11.0 Å². The van der Waals surface area contributed by atoms with Crippen LogP contribution in [0.4, 0.5) is 4.39 Å². The second kappa shape index (κ2) is 4.36. The third kappa shape index (κ3) is 2.41. The number of aryl methyl sites for hydroxylation is 1. The molecule has 0 spiro atoms. The lowest BCUT2D eigenvalue weighted by atomic mass is 10.3. The summed E-state index contributed by atoms with van der Waals surface area (Å²) in [6, 6.07) is 3.08. The zero-order valence-corrected chi connectivity index (χ0v) is 8.31. The lowest BCUT2D eigenvalue weighted by Gasteiger charge is -1.96. The van der Waals surface area contributed by atoms with Gasteiger partial charge in [0.25, 0.3) is 0 Å². The molecular weight excluding hydrogens is 221 g/mol. The van der Waals surface area contributed by atoms with Gasteiger partial charge in [0.15, 0.2) is 0 Å². The minimum absolute atomic E-state index is 0.280. The summed E-state index contributed by atoms with van der Waals surface area (Å²) < 4.78 is 13.0. The van der Waals surface area contributed by atoms with Crippen LogP contribution in [0, 0.1) is 12.7 Å². The molecule has 1 rings (SSSR count). The first-order chi connectivity index (χ1) is 5.74. The number of alkyl halides is 1. The lowest BCUT2D eigenvalue weighted by molar-refractivity contribution is 0.616. The molecule has 0 aliphatic heterocycles. The van der Waals surface area contributed by atoms with Crippen LogP contribution in [0.5, 0.6) is 0 Å². The highest BCUT2D eigenvalue weighted by Gasteiger charge is 1.98. The van der Waals surface area contributed by atoms with Gasteiger partial charge in [-0.15, -0.1) is 0 Å². The molecule has 1 nitrogen and oxygen atoms in total. The quantitative estimate of drug-likeness (QED) is 0.711. The van der Waals surface area contributed by atoms with Crippen LogP contribution in [0.2, 0.25) is 0 Å². The van der Waals surface area contributed by atoms with Crippen molar-refractivity contribution in [3.63, 3.8) is 0 Å². The molecule has 0 aromatic carbocycles. The van der Waals surface area contributed by atoms with E-state index in [1.54, 1.807) is 12.1 Å². The number of hydrogen-bond acceptors (Lipinski definition) is 1. The summed E-state index contributed by atoms with van der Waals surface area (Å²) in [6.07, 6.45) is 3.47. The van der Waals surface area contributed by atoms with Gasteiger partial charge in [-0.25, -0.2) is 4.39 Å². The smallest absolute Gasteiger partial charge is 0.148 e. The van der Waals surface area contributed by atoms with Crippen LogP contribution in [0.25, 0.3) is 6.08 Å². The Labute approximate surface area is 79.5 Å². The Bertz CT molecular complexity index is 297. The molecule has 0 bridgehead atoms. The molecule has 0 amide bonds. The van der Waals surface area contributed by atoms with Crippen LogP contribution in [0.1, 0.15) is 11.4 Å². The monoisotopic (exact) mass is 229 g/mol. The SMILES string of the molecule is Cc1ccc(F)c(C=CCBr)n1. The Morgan fingerprint density at radius 2 is 2.33 bits per heavy atom. The van der Waals surface area contributed by atoms with Gasteiger partial charge in [0.05, 0.1) is 5.69 Å². The standard InChI is InChI=1S/C9H9BrFN/c1-7-4-5-8(11)9(12-7)3-2-6-10/h2-5H,6H2,1H3. The number of pyridine rings is 1. The first-order valence-electron chi connectivity index (χ1n) is 3.59. The highest BCUT2D eigenvalue weighted by atomic mass is 79.9. The Hall–Kier alpha value is -0.700. The Morgan fingerprint density at radius 1 is 1.58 bits per heavy atom. The van der Waals surface area contributed by atoms with Crippen molar-refractivity contribution in [2.24, 2.45) is 0 Å². The number of rotatable bonds is 2. The molecular formula is C9H9BrFN. The minimum Gasteiger partial charge on any atom is -0.251 e. The molecule has 0 saturated heterocycles. The van der Waals surface area contributed by atoms with Gasteiger partial charge in [0.2, 0.25) is 0 Å². The fraction of sp³-hybridized carbons (Fsp3) is 0.222. The van der Waals surface area contributed by atoms with Crippen molar-refractivity contribution in [1.82, 2.24) is 4.98 Å². The molecule has 0 N–H and O–H groups in total. The van der Waals surface area contributed by atoms with E-state index in [1.807, 2.05) is 13.0 Å².